The van der Waals surface area contributed by atoms with Crippen molar-refractivity contribution in [3.05, 3.63) is 18.3 Å². The third-order valence-electron chi connectivity index (χ3n) is 3.89. The van der Waals surface area contributed by atoms with Crippen LogP contribution in [0.25, 0.3) is 0 Å². The fraction of sp³-hybridized carbons (Fsp3) is 0.667. The fourth-order valence-corrected chi connectivity index (χ4v) is 2.70. The van der Waals surface area contributed by atoms with E-state index in [-0.39, 0.29) is 0 Å². The van der Waals surface area contributed by atoms with E-state index in [1.165, 1.54) is 25.7 Å². The summed E-state index contributed by atoms with van der Waals surface area (Å²) in [5.74, 6) is 0.723. The van der Waals surface area contributed by atoms with Crippen LogP contribution in [0.1, 0.15) is 46.5 Å². The lowest BCUT2D eigenvalue weighted by Gasteiger charge is -2.39. The van der Waals surface area contributed by atoms with Crippen molar-refractivity contribution in [1.82, 2.24) is 4.98 Å². The van der Waals surface area contributed by atoms with Crippen molar-refractivity contribution in [2.45, 2.75) is 52.5 Å². The molecule has 1 aromatic heterocycles. The van der Waals surface area contributed by atoms with Gasteiger partial charge in [0.25, 0.3) is 0 Å². The molecule has 1 aromatic rings. The molecule has 1 saturated carbocycles. The molecule has 1 aliphatic rings. The van der Waals surface area contributed by atoms with Crippen LogP contribution in [0.15, 0.2) is 18.3 Å². The van der Waals surface area contributed by atoms with Crippen LogP contribution >= 0.6 is 0 Å². The monoisotopic (exact) mass is 248 g/mol. The quantitative estimate of drug-likeness (QED) is 0.878. The van der Waals surface area contributed by atoms with Gasteiger partial charge in [-0.15, -0.1) is 0 Å². The summed E-state index contributed by atoms with van der Waals surface area (Å²) in [6, 6.07) is 4.53. The average molecular weight is 248 g/mol. The molecule has 0 bridgehead atoms. The Morgan fingerprint density at radius 2 is 2.28 bits per heavy atom. The van der Waals surface area contributed by atoms with Crippen LogP contribution < -0.4 is 10.1 Å². The molecule has 0 saturated heterocycles. The first-order valence-electron chi connectivity index (χ1n) is 6.98. The molecule has 0 aromatic carbocycles. The molecule has 3 nitrogen and oxygen atoms in total. The number of pyridine rings is 1. The Morgan fingerprint density at radius 3 is 3.00 bits per heavy atom. The predicted molar refractivity (Wildman–Crippen MR) is 75.1 cm³/mol. The maximum absolute atomic E-state index is 5.57. The summed E-state index contributed by atoms with van der Waals surface area (Å²) >= 11 is 0. The summed E-state index contributed by atoms with van der Waals surface area (Å²) in [5.41, 5.74) is 1.37. The lowest BCUT2D eigenvalue weighted by atomic mass is 9.73. The number of nitrogens with zero attached hydrogens (tertiary/aromatic N) is 1. The normalized spacial score (nSPS) is 22.5. The van der Waals surface area contributed by atoms with Gasteiger partial charge in [-0.2, -0.15) is 0 Å². The largest absolute Gasteiger partial charge is 0.476 e. The molecule has 1 unspecified atom stereocenters. The average Bonchev–Trinajstić information content (AvgIpc) is 2.34. The van der Waals surface area contributed by atoms with Gasteiger partial charge in [0.05, 0.1) is 12.3 Å². The number of hydrogen-bond donors (Lipinski definition) is 1. The minimum absolute atomic E-state index is 0.345. The van der Waals surface area contributed by atoms with Crippen LogP contribution in [0, 0.1) is 5.41 Å². The van der Waals surface area contributed by atoms with Crippen LogP contribution in [0.4, 0.5) is 5.69 Å². The Balaban J connectivity index is 2.12. The van der Waals surface area contributed by atoms with Gasteiger partial charge in [-0.1, -0.05) is 26.7 Å². The number of ether oxygens (including phenoxy) is 1. The standard InChI is InChI=1S/C15H24N2O/c1-4-18-14-12(8-7-11-16-14)17-13-9-5-6-10-15(13,2)3/h7-8,11,13,17H,4-6,9-10H2,1-3H3. The van der Waals surface area contributed by atoms with Crippen molar-refractivity contribution < 1.29 is 4.74 Å². The van der Waals surface area contributed by atoms with Crippen LogP contribution in [0.3, 0.4) is 0 Å². The van der Waals surface area contributed by atoms with E-state index in [4.69, 9.17) is 4.74 Å². The molecule has 1 atom stereocenters. The van der Waals surface area contributed by atoms with Crippen LogP contribution in [-0.2, 0) is 0 Å². The van der Waals surface area contributed by atoms with Gasteiger partial charge in [0.15, 0.2) is 0 Å². The van der Waals surface area contributed by atoms with Crippen LogP contribution in [0.5, 0.6) is 5.88 Å². The van der Waals surface area contributed by atoms with Gasteiger partial charge in [-0.25, -0.2) is 4.98 Å². The van der Waals surface area contributed by atoms with Crippen molar-refractivity contribution in [1.29, 1.82) is 0 Å². The van der Waals surface area contributed by atoms with Crippen molar-refractivity contribution in [3.8, 4) is 5.88 Å². The third kappa shape index (κ3) is 2.95. The highest BCUT2D eigenvalue weighted by Crippen LogP contribution is 2.38. The summed E-state index contributed by atoms with van der Waals surface area (Å²) in [4.78, 5) is 4.30. The molecule has 1 N–H and O–H groups in total. The van der Waals surface area contributed by atoms with E-state index < -0.39 is 0 Å². The molecule has 1 heterocycles. The summed E-state index contributed by atoms with van der Waals surface area (Å²) in [7, 11) is 0. The van der Waals surface area contributed by atoms with E-state index >= 15 is 0 Å². The minimum atomic E-state index is 0.345. The van der Waals surface area contributed by atoms with E-state index in [2.05, 4.69) is 30.2 Å². The van der Waals surface area contributed by atoms with Crippen molar-refractivity contribution in [2.24, 2.45) is 5.41 Å². The van der Waals surface area contributed by atoms with Crippen molar-refractivity contribution in [2.75, 3.05) is 11.9 Å². The maximum Gasteiger partial charge on any atom is 0.237 e. The first-order chi connectivity index (χ1) is 8.63. The zero-order chi connectivity index (χ0) is 13.0. The molecule has 0 spiro atoms. The van der Waals surface area contributed by atoms with E-state index in [0.29, 0.717) is 18.1 Å². The van der Waals surface area contributed by atoms with Gasteiger partial charge in [-0.3, -0.25) is 0 Å². The van der Waals surface area contributed by atoms with Crippen LogP contribution in [0.2, 0.25) is 0 Å². The Labute approximate surface area is 110 Å². The number of hydrogen-bond acceptors (Lipinski definition) is 3. The Morgan fingerprint density at radius 1 is 1.44 bits per heavy atom. The third-order valence-corrected chi connectivity index (χ3v) is 3.89. The number of anilines is 1. The molecule has 0 aliphatic heterocycles. The van der Waals surface area contributed by atoms with Gasteiger partial charge in [0, 0.05) is 12.2 Å². The first-order valence-corrected chi connectivity index (χ1v) is 6.98. The minimum Gasteiger partial charge on any atom is -0.476 e. The fourth-order valence-electron chi connectivity index (χ4n) is 2.70. The van der Waals surface area contributed by atoms with Gasteiger partial charge < -0.3 is 10.1 Å². The molecule has 2 rings (SSSR count). The number of nitrogens with one attached hydrogen (secondary N) is 1. The second-order valence-electron chi connectivity index (χ2n) is 5.72. The van der Waals surface area contributed by atoms with Crippen LogP contribution in [-0.4, -0.2) is 17.6 Å². The Kier molecular flexibility index (Phi) is 4.10. The maximum atomic E-state index is 5.57. The Hall–Kier alpha value is -1.25. The molecule has 18 heavy (non-hydrogen) atoms. The molecule has 1 fully saturated rings. The summed E-state index contributed by atoms with van der Waals surface area (Å²) in [5, 5.41) is 3.64. The lowest BCUT2D eigenvalue weighted by Crippen LogP contribution is -2.39. The predicted octanol–water partition coefficient (Wildman–Crippen LogP) is 3.86. The first kappa shape index (κ1) is 13.2. The van der Waals surface area contributed by atoms with E-state index in [1.807, 2.05) is 13.0 Å². The van der Waals surface area contributed by atoms with Gasteiger partial charge in [0.2, 0.25) is 5.88 Å². The number of aromatic nitrogens is 1. The van der Waals surface area contributed by atoms with E-state index in [1.54, 1.807) is 6.20 Å². The highest BCUT2D eigenvalue weighted by atomic mass is 16.5. The highest BCUT2D eigenvalue weighted by Gasteiger charge is 2.32. The van der Waals surface area contributed by atoms with E-state index in [9.17, 15) is 0 Å². The smallest absolute Gasteiger partial charge is 0.237 e. The topological polar surface area (TPSA) is 34.1 Å². The second kappa shape index (κ2) is 5.59. The SMILES string of the molecule is CCOc1ncccc1NC1CCCCC1(C)C. The molecule has 100 valence electrons. The van der Waals surface area contributed by atoms with Gasteiger partial charge in [0.1, 0.15) is 0 Å². The molecule has 0 radical (unpaired) electrons. The lowest BCUT2D eigenvalue weighted by molar-refractivity contribution is 0.216. The van der Waals surface area contributed by atoms with E-state index in [0.717, 1.165) is 11.6 Å². The summed E-state index contributed by atoms with van der Waals surface area (Å²) in [6.45, 7) is 7.34. The Bertz CT molecular complexity index is 390. The van der Waals surface area contributed by atoms with Gasteiger partial charge >= 0.3 is 0 Å². The molecule has 1 aliphatic carbocycles. The molecular weight excluding hydrogens is 224 g/mol. The summed E-state index contributed by atoms with van der Waals surface area (Å²) < 4.78 is 5.57. The highest BCUT2D eigenvalue weighted by molar-refractivity contribution is 5.53. The zero-order valence-corrected chi connectivity index (χ0v) is 11.7. The molecular formula is C15H24N2O. The number of rotatable bonds is 4. The second-order valence-corrected chi connectivity index (χ2v) is 5.72. The van der Waals surface area contributed by atoms with Crippen molar-refractivity contribution in [3.63, 3.8) is 0 Å². The summed E-state index contributed by atoms with van der Waals surface area (Å²) in [6.07, 6.45) is 6.95. The molecule has 0 amide bonds. The molecule has 3 heteroatoms. The van der Waals surface area contributed by atoms with Gasteiger partial charge in [-0.05, 0) is 37.3 Å². The zero-order valence-electron chi connectivity index (χ0n) is 11.7. The van der Waals surface area contributed by atoms with Crippen molar-refractivity contribution >= 4 is 5.69 Å².